The van der Waals surface area contributed by atoms with E-state index in [1.54, 1.807) is 0 Å². The Morgan fingerprint density at radius 1 is 1.28 bits per heavy atom. The molecule has 5 atom stereocenters. The fraction of sp³-hybridized carbons (Fsp3) is 0.700. The molecule has 0 aromatic heterocycles. The Balaban J connectivity index is 3.43. The minimum absolute atomic E-state index is 0.397. The molecule has 4 N–H and O–H groups in total. The minimum atomic E-state index is -2.60. The van der Waals surface area contributed by atoms with Crippen molar-refractivity contribution in [2.75, 3.05) is 7.11 Å². The second-order valence-electron chi connectivity index (χ2n) is 8.15. The first-order valence-corrected chi connectivity index (χ1v) is 9.50. The van der Waals surface area contributed by atoms with E-state index in [1.807, 2.05) is 20.8 Å². The van der Waals surface area contributed by atoms with Gasteiger partial charge in [-0.2, -0.15) is 0 Å². The molecule has 0 saturated heterocycles. The number of carboxylic acids is 3. The van der Waals surface area contributed by atoms with Crippen LogP contribution in [0.3, 0.4) is 0 Å². The Morgan fingerprint density at radius 3 is 2.28 bits per heavy atom. The van der Waals surface area contributed by atoms with Crippen LogP contribution in [0, 0.1) is 22.7 Å². The van der Waals surface area contributed by atoms with Gasteiger partial charge in [0.1, 0.15) is 5.92 Å². The number of methoxy groups -OCH3 is 1. The van der Waals surface area contributed by atoms with Crippen LogP contribution in [0.4, 0.5) is 0 Å². The highest BCUT2D eigenvalue weighted by Crippen LogP contribution is 2.48. The van der Waals surface area contributed by atoms with Gasteiger partial charge in [-0.1, -0.05) is 45.8 Å². The molecule has 5 unspecified atom stereocenters. The first kappa shape index (κ1) is 24.8. The van der Waals surface area contributed by atoms with Crippen molar-refractivity contribution in [3.63, 3.8) is 0 Å². The van der Waals surface area contributed by atoms with Gasteiger partial charge in [0.25, 0.3) is 0 Å². The Labute approximate surface area is 169 Å². The summed E-state index contributed by atoms with van der Waals surface area (Å²) in [5.74, 6) is -9.15. The van der Waals surface area contributed by atoms with E-state index in [1.165, 1.54) is 12.2 Å². The average Bonchev–Trinajstić information content (AvgIpc) is 2.92. The SMILES string of the molecule is CCCCC(C)(C)C(O)/C=C/C1CC(C(=O)O)C(=O)C1(C(=O)O)C(OC)C(=O)O. The number of Topliss-reactive ketones (excluding diaryl/α,β-unsaturated/α-hetero) is 1. The Morgan fingerprint density at radius 2 is 1.86 bits per heavy atom. The number of hydrogen-bond donors (Lipinski definition) is 4. The minimum Gasteiger partial charge on any atom is -0.481 e. The van der Waals surface area contributed by atoms with Gasteiger partial charge in [0.2, 0.25) is 0 Å². The van der Waals surface area contributed by atoms with Crippen LogP contribution < -0.4 is 0 Å². The molecule has 29 heavy (non-hydrogen) atoms. The van der Waals surface area contributed by atoms with Crippen molar-refractivity contribution < 1.29 is 44.3 Å². The molecule has 0 radical (unpaired) electrons. The van der Waals surface area contributed by atoms with Crippen LogP contribution in [0.2, 0.25) is 0 Å². The van der Waals surface area contributed by atoms with E-state index >= 15 is 0 Å². The largest absolute Gasteiger partial charge is 0.481 e. The summed E-state index contributed by atoms with van der Waals surface area (Å²) in [5, 5.41) is 39.2. The van der Waals surface area contributed by atoms with Gasteiger partial charge in [-0.25, -0.2) is 4.79 Å². The summed E-state index contributed by atoms with van der Waals surface area (Å²) in [7, 11) is 0.953. The molecule has 9 nitrogen and oxygen atoms in total. The van der Waals surface area contributed by atoms with Crippen LogP contribution in [-0.4, -0.2) is 63.4 Å². The number of carboxylic acid groups (broad SMARTS) is 3. The monoisotopic (exact) mass is 414 g/mol. The van der Waals surface area contributed by atoms with Gasteiger partial charge in [-0.3, -0.25) is 14.4 Å². The van der Waals surface area contributed by atoms with E-state index in [0.29, 0.717) is 6.42 Å². The molecule has 0 bridgehead atoms. The van der Waals surface area contributed by atoms with Crippen molar-refractivity contribution >= 4 is 23.7 Å². The summed E-state index contributed by atoms with van der Waals surface area (Å²) in [6.45, 7) is 5.67. The van der Waals surface area contributed by atoms with Gasteiger partial charge < -0.3 is 25.2 Å². The number of carbonyl (C=O) groups excluding carboxylic acids is 1. The molecule has 0 heterocycles. The van der Waals surface area contributed by atoms with E-state index in [4.69, 9.17) is 4.74 Å². The van der Waals surface area contributed by atoms with Crippen LogP contribution in [0.1, 0.15) is 46.5 Å². The Bertz CT molecular complexity index is 681. The number of aliphatic hydroxyl groups is 1. The zero-order valence-corrected chi connectivity index (χ0v) is 17.1. The molecule has 1 fully saturated rings. The molecule has 0 aromatic carbocycles. The van der Waals surface area contributed by atoms with E-state index in [0.717, 1.165) is 20.0 Å². The molecule has 0 aliphatic heterocycles. The third kappa shape index (κ3) is 4.67. The molecule has 0 amide bonds. The molecular weight excluding hydrogens is 384 g/mol. The average molecular weight is 414 g/mol. The summed E-state index contributed by atoms with van der Waals surface area (Å²) >= 11 is 0. The van der Waals surface area contributed by atoms with Gasteiger partial charge >= 0.3 is 17.9 Å². The molecule has 9 heteroatoms. The van der Waals surface area contributed by atoms with E-state index in [9.17, 15) is 39.6 Å². The third-order valence-electron chi connectivity index (χ3n) is 5.83. The van der Waals surface area contributed by atoms with Crippen molar-refractivity contribution in [1.82, 2.24) is 0 Å². The number of hydrogen-bond acceptors (Lipinski definition) is 6. The third-order valence-corrected chi connectivity index (χ3v) is 5.83. The first-order valence-electron chi connectivity index (χ1n) is 9.50. The number of ketones is 1. The maximum absolute atomic E-state index is 12.8. The second-order valence-corrected chi connectivity index (χ2v) is 8.15. The number of unbranched alkanes of at least 4 members (excludes halogenated alkanes) is 1. The first-order chi connectivity index (χ1) is 13.4. The van der Waals surface area contributed by atoms with E-state index < -0.39 is 65.0 Å². The molecule has 1 saturated carbocycles. The summed E-state index contributed by atoms with van der Waals surface area (Å²) in [6.07, 6.45) is 1.59. The van der Waals surface area contributed by atoms with Crippen molar-refractivity contribution in [2.45, 2.75) is 58.7 Å². The summed E-state index contributed by atoms with van der Waals surface area (Å²) < 4.78 is 4.83. The van der Waals surface area contributed by atoms with Crippen molar-refractivity contribution in [2.24, 2.45) is 22.7 Å². The van der Waals surface area contributed by atoms with Crippen LogP contribution in [0.5, 0.6) is 0 Å². The zero-order chi connectivity index (χ0) is 22.6. The summed E-state index contributed by atoms with van der Waals surface area (Å²) in [5.41, 5.74) is -3.14. The number of aliphatic hydroxyl groups excluding tert-OH is 1. The standard InChI is InChI=1S/C20H30O9/c1-5-6-9-19(2,3)13(21)8-7-11-10-12(16(23)24)14(22)20(11,18(27)28)15(29-4)17(25)26/h7-8,11-13,15,21H,5-6,9-10H2,1-4H3,(H,23,24)(H,25,26)(H,27,28)/b8-7+. The lowest BCUT2D eigenvalue weighted by Crippen LogP contribution is -2.55. The van der Waals surface area contributed by atoms with Crippen LogP contribution in [-0.2, 0) is 23.9 Å². The Kier molecular flexibility index (Phi) is 8.11. The van der Waals surface area contributed by atoms with Gasteiger partial charge in [-0.05, 0) is 18.3 Å². The highest BCUT2D eigenvalue weighted by molar-refractivity contribution is 6.15. The quantitative estimate of drug-likeness (QED) is 0.291. The smallest absolute Gasteiger partial charge is 0.334 e. The summed E-state index contributed by atoms with van der Waals surface area (Å²) in [4.78, 5) is 48.1. The molecule has 164 valence electrons. The van der Waals surface area contributed by atoms with Gasteiger partial charge in [0, 0.05) is 13.0 Å². The number of aliphatic carboxylic acids is 3. The Hall–Kier alpha value is -2.26. The number of ether oxygens (including phenoxy) is 1. The van der Waals surface area contributed by atoms with Crippen LogP contribution in [0.15, 0.2) is 12.2 Å². The van der Waals surface area contributed by atoms with Gasteiger partial charge in [-0.15, -0.1) is 0 Å². The topological polar surface area (TPSA) is 158 Å². The molecular formula is C20H30O9. The number of carbonyl (C=O) groups is 4. The second kappa shape index (κ2) is 9.49. The van der Waals surface area contributed by atoms with E-state index in [-0.39, 0.29) is 0 Å². The van der Waals surface area contributed by atoms with Gasteiger partial charge in [0.05, 0.1) is 6.10 Å². The lowest BCUT2D eigenvalue weighted by molar-refractivity contribution is -0.178. The summed E-state index contributed by atoms with van der Waals surface area (Å²) in [6, 6.07) is 0. The van der Waals surface area contributed by atoms with E-state index in [2.05, 4.69) is 0 Å². The molecule has 0 aromatic rings. The maximum Gasteiger partial charge on any atom is 0.334 e. The van der Waals surface area contributed by atoms with Crippen molar-refractivity contribution in [3.05, 3.63) is 12.2 Å². The molecule has 0 spiro atoms. The molecule has 1 aliphatic carbocycles. The fourth-order valence-electron chi connectivity index (χ4n) is 3.92. The molecule has 1 aliphatic rings. The zero-order valence-electron chi connectivity index (χ0n) is 17.1. The number of rotatable bonds is 11. The van der Waals surface area contributed by atoms with Crippen molar-refractivity contribution in [1.29, 1.82) is 0 Å². The normalized spacial score (nSPS) is 27.1. The maximum atomic E-state index is 12.8. The highest BCUT2D eigenvalue weighted by atomic mass is 16.5. The predicted octanol–water partition coefficient (Wildman–Crippen LogP) is 1.58. The number of allylic oxidation sites excluding steroid dienone is 1. The highest BCUT2D eigenvalue weighted by Gasteiger charge is 2.67. The lowest BCUT2D eigenvalue weighted by Gasteiger charge is -2.33. The van der Waals surface area contributed by atoms with Gasteiger partial charge in [0.15, 0.2) is 17.3 Å². The lowest BCUT2D eigenvalue weighted by atomic mass is 9.71. The molecule has 1 rings (SSSR count). The van der Waals surface area contributed by atoms with Crippen molar-refractivity contribution in [3.8, 4) is 0 Å². The predicted molar refractivity (Wildman–Crippen MR) is 101 cm³/mol. The fourth-order valence-corrected chi connectivity index (χ4v) is 3.92. The van der Waals surface area contributed by atoms with Crippen LogP contribution in [0.25, 0.3) is 0 Å². The van der Waals surface area contributed by atoms with Crippen LogP contribution >= 0.6 is 0 Å².